The van der Waals surface area contributed by atoms with E-state index >= 15 is 0 Å². The second kappa shape index (κ2) is 6.76. The number of rotatable bonds is 2. The van der Waals surface area contributed by atoms with Gasteiger partial charge in [0.1, 0.15) is 18.0 Å². The summed E-state index contributed by atoms with van der Waals surface area (Å²) in [4.78, 5) is 0. The highest BCUT2D eigenvalue weighted by Gasteiger charge is 2.18. The minimum atomic E-state index is -0.364. The van der Waals surface area contributed by atoms with Crippen molar-refractivity contribution in [3.63, 3.8) is 0 Å². The van der Waals surface area contributed by atoms with Gasteiger partial charge in [-0.15, -0.1) is 0 Å². The summed E-state index contributed by atoms with van der Waals surface area (Å²) in [7, 11) is 0. The Balaban J connectivity index is 2.33. The molecule has 0 spiro atoms. The second-order valence-corrected chi connectivity index (χ2v) is 6.29. The smallest absolute Gasteiger partial charge is 0.123 e. The SMILES string of the molecule is N#Cc1c(-c2ccc(F)cc2)cc(-c2ccc(Br)cc2)c(C#N)c1N. The minimum Gasteiger partial charge on any atom is -0.397 e. The topological polar surface area (TPSA) is 73.6 Å². The molecule has 0 bridgehead atoms. The predicted molar refractivity (Wildman–Crippen MR) is 98.8 cm³/mol. The maximum absolute atomic E-state index is 13.2. The largest absolute Gasteiger partial charge is 0.397 e. The van der Waals surface area contributed by atoms with Crippen LogP contribution in [0, 0.1) is 28.5 Å². The molecule has 3 aromatic carbocycles. The molecule has 0 aliphatic rings. The second-order valence-electron chi connectivity index (χ2n) is 5.37. The van der Waals surface area contributed by atoms with E-state index in [0.717, 1.165) is 10.0 Å². The van der Waals surface area contributed by atoms with Crippen LogP contribution < -0.4 is 5.73 Å². The molecule has 25 heavy (non-hydrogen) atoms. The molecule has 0 aliphatic heterocycles. The summed E-state index contributed by atoms with van der Waals surface area (Å²) in [5.74, 6) is -0.364. The van der Waals surface area contributed by atoms with E-state index in [4.69, 9.17) is 5.73 Å². The molecular weight excluding hydrogens is 381 g/mol. The molecular formula is C20H11BrFN3. The van der Waals surface area contributed by atoms with Gasteiger partial charge >= 0.3 is 0 Å². The molecule has 0 amide bonds. The molecule has 5 heteroatoms. The summed E-state index contributed by atoms with van der Waals surface area (Å²) in [6.07, 6.45) is 0. The van der Waals surface area contributed by atoms with Crippen LogP contribution >= 0.6 is 15.9 Å². The van der Waals surface area contributed by atoms with Crippen LogP contribution in [-0.4, -0.2) is 0 Å². The minimum absolute atomic E-state index is 0.129. The van der Waals surface area contributed by atoms with E-state index in [1.807, 2.05) is 24.3 Å². The van der Waals surface area contributed by atoms with Crippen molar-refractivity contribution in [3.8, 4) is 34.4 Å². The summed E-state index contributed by atoms with van der Waals surface area (Å²) in [6, 6.07) is 19.2. The van der Waals surface area contributed by atoms with Gasteiger partial charge in [0.15, 0.2) is 0 Å². The molecule has 3 nitrogen and oxygen atoms in total. The first kappa shape index (κ1) is 16.7. The number of hydrogen-bond acceptors (Lipinski definition) is 3. The number of hydrogen-bond donors (Lipinski definition) is 1. The zero-order valence-electron chi connectivity index (χ0n) is 12.9. The molecule has 0 saturated carbocycles. The summed E-state index contributed by atoms with van der Waals surface area (Å²) in [6.45, 7) is 0. The summed E-state index contributed by atoms with van der Waals surface area (Å²) in [5.41, 5.74) is 9.37. The maximum atomic E-state index is 13.2. The van der Waals surface area contributed by atoms with Gasteiger partial charge in [-0.3, -0.25) is 0 Å². The molecule has 0 aromatic heterocycles. The Hall–Kier alpha value is -3.15. The van der Waals surface area contributed by atoms with Crippen LogP contribution in [0.1, 0.15) is 11.1 Å². The molecule has 0 radical (unpaired) electrons. The van der Waals surface area contributed by atoms with Gasteiger partial charge in [-0.2, -0.15) is 10.5 Å². The number of anilines is 1. The Labute approximate surface area is 152 Å². The molecule has 3 aromatic rings. The van der Waals surface area contributed by atoms with Gasteiger partial charge in [-0.1, -0.05) is 40.2 Å². The average molecular weight is 392 g/mol. The first-order valence-corrected chi connectivity index (χ1v) is 8.13. The molecule has 0 saturated heterocycles. The van der Waals surface area contributed by atoms with Crippen LogP contribution in [0.5, 0.6) is 0 Å². The summed E-state index contributed by atoms with van der Waals surface area (Å²) < 4.78 is 14.1. The lowest BCUT2D eigenvalue weighted by molar-refractivity contribution is 0.628. The van der Waals surface area contributed by atoms with Crippen molar-refractivity contribution in [2.45, 2.75) is 0 Å². The number of nitrogen functional groups attached to an aromatic ring is 1. The van der Waals surface area contributed by atoms with Crippen LogP contribution in [0.15, 0.2) is 59.1 Å². The molecule has 0 heterocycles. The van der Waals surface area contributed by atoms with E-state index in [1.165, 1.54) is 12.1 Å². The molecule has 120 valence electrons. The summed E-state index contributed by atoms with van der Waals surface area (Å²) >= 11 is 3.38. The maximum Gasteiger partial charge on any atom is 0.123 e. The van der Waals surface area contributed by atoms with Crippen LogP contribution in [0.2, 0.25) is 0 Å². The quantitative estimate of drug-likeness (QED) is 0.606. The van der Waals surface area contributed by atoms with Crippen LogP contribution in [0.3, 0.4) is 0 Å². The molecule has 0 atom stereocenters. The van der Waals surface area contributed by atoms with E-state index in [-0.39, 0.29) is 22.6 Å². The van der Waals surface area contributed by atoms with Gasteiger partial charge in [-0.05, 0) is 41.5 Å². The fraction of sp³-hybridized carbons (Fsp3) is 0. The Kier molecular flexibility index (Phi) is 4.52. The fourth-order valence-corrected chi connectivity index (χ4v) is 2.92. The lowest BCUT2D eigenvalue weighted by atomic mass is 9.89. The molecule has 3 rings (SSSR count). The van der Waals surface area contributed by atoms with Crippen molar-refractivity contribution in [3.05, 3.63) is 76.0 Å². The van der Waals surface area contributed by atoms with Gasteiger partial charge in [-0.25, -0.2) is 4.39 Å². The number of nitrogens with two attached hydrogens (primary N) is 1. The highest BCUT2D eigenvalue weighted by Crippen LogP contribution is 2.37. The van der Waals surface area contributed by atoms with Crippen molar-refractivity contribution in [1.82, 2.24) is 0 Å². The van der Waals surface area contributed by atoms with Gasteiger partial charge in [0.05, 0.1) is 16.8 Å². The molecule has 0 fully saturated rings. The third-order valence-electron chi connectivity index (χ3n) is 3.90. The van der Waals surface area contributed by atoms with E-state index in [9.17, 15) is 14.9 Å². The van der Waals surface area contributed by atoms with Gasteiger partial charge < -0.3 is 5.73 Å². The standard InChI is InChI=1S/C20H11BrFN3/c21-14-5-1-12(2-6-14)16-9-17(13-3-7-15(22)8-4-13)19(11-24)20(25)18(16)10-23/h1-9H,25H2. The first-order valence-electron chi connectivity index (χ1n) is 7.33. The first-order chi connectivity index (χ1) is 12.0. The fourth-order valence-electron chi connectivity index (χ4n) is 2.66. The molecule has 2 N–H and O–H groups in total. The van der Waals surface area contributed by atoms with Gasteiger partial charge in [0.25, 0.3) is 0 Å². The van der Waals surface area contributed by atoms with E-state index in [1.54, 1.807) is 18.2 Å². The van der Waals surface area contributed by atoms with Crippen molar-refractivity contribution >= 4 is 21.6 Å². The Morgan fingerprint density at radius 3 is 1.68 bits per heavy atom. The van der Waals surface area contributed by atoms with E-state index < -0.39 is 0 Å². The van der Waals surface area contributed by atoms with Crippen LogP contribution in [0.4, 0.5) is 10.1 Å². The Morgan fingerprint density at radius 1 is 0.800 bits per heavy atom. The molecule has 0 aliphatic carbocycles. The van der Waals surface area contributed by atoms with Crippen molar-refractivity contribution < 1.29 is 4.39 Å². The highest BCUT2D eigenvalue weighted by atomic mass is 79.9. The van der Waals surface area contributed by atoms with Crippen LogP contribution in [-0.2, 0) is 0 Å². The average Bonchev–Trinajstić information content (AvgIpc) is 2.62. The van der Waals surface area contributed by atoms with Crippen LogP contribution in [0.25, 0.3) is 22.3 Å². The zero-order chi connectivity index (χ0) is 18.0. The van der Waals surface area contributed by atoms with Crippen molar-refractivity contribution in [2.24, 2.45) is 0 Å². The normalized spacial score (nSPS) is 10.1. The lowest BCUT2D eigenvalue weighted by Gasteiger charge is -2.14. The number of halogens is 2. The van der Waals surface area contributed by atoms with Gasteiger partial charge in [0.2, 0.25) is 0 Å². The predicted octanol–water partition coefficient (Wildman–Crippen LogP) is 5.25. The van der Waals surface area contributed by atoms with E-state index in [0.29, 0.717) is 16.7 Å². The Bertz CT molecular complexity index is 945. The summed E-state index contributed by atoms with van der Waals surface area (Å²) in [5, 5.41) is 19.0. The third-order valence-corrected chi connectivity index (χ3v) is 4.43. The monoisotopic (exact) mass is 391 g/mol. The van der Waals surface area contributed by atoms with Crippen molar-refractivity contribution in [2.75, 3.05) is 5.73 Å². The number of benzene rings is 3. The highest BCUT2D eigenvalue weighted by molar-refractivity contribution is 9.10. The zero-order valence-corrected chi connectivity index (χ0v) is 14.5. The number of nitrogens with zero attached hydrogens (tertiary/aromatic N) is 2. The van der Waals surface area contributed by atoms with E-state index in [2.05, 4.69) is 28.1 Å². The Morgan fingerprint density at radius 2 is 1.24 bits per heavy atom. The lowest BCUT2D eigenvalue weighted by Crippen LogP contribution is -2.00. The third kappa shape index (κ3) is 3.10. The number of nitriles is 2. The molecule has 0 unspecified atom stereocenters. The van der Waals surface area contributed by atoms with Crippen molar-refractivity contribution in [1.29, 1.82) is 10.5 Å². The van der Waals surface area contributed by atoms with Gasteiger partial charge in [0, 0.05) is 15.6 Å².